The largest absolute Gasteiger partial charge is 0.377 e. The van der Waals surface area contributed by atoms with Crippen LogP contribution in [0.2, 0.25) is 0 Å². The molecular weight excluding hydrogens is 344 g/mol. The lowest BCUT2D eigenvalue weighted by Crippen LogP contribution is -2.43. The van der Waals surface area contributed by atoms with E-state index in [4.69, 9.17) is 9.73 Å². The van der Waals surface area contributed by atoms with Gasteiger partial charge in [0.25, 0.3) is 0 Å². The van der Waals surface area contributed by atoms with Gasteiger partial charge in [0.1, 0.15) is 0 Å². The first-order chi connectivity index (χ1) is 12.3. The zero-order valence-corrected chi connectivity index (χ0v) is 18.1. The highest BCUT2D eigenvalue weighted by Gasteiger charge is 2.35. The van der Waals surface area contributed by atoms with Gasteiger partial charge in [-0.15, -0.1) is 11.3 Å². The van der Waals surface area contributed by atoms with Gasteiger partial charge in [-0.1, -0.05) is 20.8 Å². The maximum atomic E-state index is 6.09. The number of aliphatic imine (C=N–C) groups is 1. The first kappa shape index (κ1) is 21.2. The summed E-state index contributed by atoms with van der Waals surface area (Å²) < 4.78 is 6.09. The van der Waals surface area contributed by atoms with Crippen molar-refractivity contribution < 1.29 is 4.74 Å². The lowest BCUT2D eigenvalue weighted by Gasteiger charge is -2.39. The number of hydrogen-bond donors (Lipinski definition) is 2. The predicted octanol–water partition coefficient (Wildman–Crippen LogP) is 3.70. The van der Waals surface area contributed by atoms with Crippen molar-refractivity contribution in [1.29, 1.82) is 0 Å². The number of hydrogen-bond acceptors (Lipinski definition) is 4. The van der Waals surface area contributed by atoms with Crippen LogP contribution in [0.25, 0.3) is 0 Å². The number of nitrogens with one attached hydrogen (secondary N) is 2. The summed E-state index contributed by atoms with van der Waals surface area (Å²) in [5, 5.41) is 7.99. The van der Waals surface area contributed by atoms with Crippen molar-refractivity contribution in [3.05, 3.63) is 15.6 Å². The molecule has 1 saturated heterocycles. The normalized spacial score (nSPS) is 21.7. The average Bonchev–Trinajstić information content (AvgIpc) is 2.89. The molecule has 0 spiro atoms. The van der Waals surface area contributed by atoms with Crippen molar-refractivity contribution in [1.82, 2.24) is 15.6 Å². The molecule has 148 valence electrons. The molecule has 1 fully saturated rings. The van der Waals surface area contributed by atoms with Gasteiger partial charge in [-0.25, -0.2) is 4.98 Å². The van der Waals surface area contributed by atoms with Crippen LogP contribution in [0.3, 0.4) is 0 Å². The van der Waals surface area contributed by atoms with E-state index in [1.54, 1.807) is 11.3 Å². The zero-order chi connectivity index (χ0) is 19.2. The number of rotatable bonds is 6. The van der Waals surface area contributed by atoms with Crippen molar-refractivity contribution in [3.8, 4) is 0 Å². The fraction of sp³-hybridized carbons (Fsp3) is 0.800. The Kier molecular flexibility index (Phi) is 7.89. The van der Waals surface area contributed by atoms with E-state index in [0.29, 0.717) is 5.92 Å². The third kappa shape index (κ3) is 6.23. The molecular formula is C20H36N4OS. The highest BCUT2D eigenvalue weighted by molar-refractivity contribution is 7.11. The molecule has 1 aliphatic heterocycles. The van der Waals surface area contributed by atoms with Crippen molar-refractivity contribution in [2.75, 3.05) is 26.2 Å². The molecule has 0 aliphatic carbocycles. The van der Waals surface area contributed by atoms with Crippen LogP contribution < -0.4 is 10.6 Å². The van der Waals surface area contributed by atoms with Gasteiger partial charge in [0.2, 0.25) is 0 Å². The Morgan fingerprint density at radius 2 is 2.08 bits per heavy atom. The summed E-state index contributed by atoms with van der Waals surface area (Å²) >= 11 is 1.79. The van der Waals surface area contributed by atoms with E-state index in [-0.39, 0.29) is 11.5 Å². The molecule has 0 amide bonds. The SMILES string of the molecule is CCNC(=NCC1CCCOC1C(C)(C)C)NCCc1sc(C)nc1C. The standard InChI is InChI=1S/C20H36N4OS/c1-7-21-19(22-11-10-17-14(2)24-15(3)26-17)23-13-16-9-8-12-25-18(16)20(4,5)6/h16,18H,7-13H2,1-6H3,(H2,21,22,23). The van der Waals surface area contributed by atoms with E-state index in [0.717, 1.165) is 55.7 Å². The molecule has 1 aromatic heterocycles. The van der Waals surface area contributed by atoms with Gasteiger partial charge in [0, 0.05) is 43.5 Å². The minimum Gasteiger partial charge on any atom is -0.377 e. The van der Waals surface area contributed by atoms with Gasteiger partial charge >= 0.3 is 0 Å². The highest BCUT2D eigenvalue weighted by Crippen LogP contribution is 2.34. The topological polar surface area (TPSA) is 58.5 Å². The summed E-state index contributed by atoms with van der Waals surface area (Å²) in [5.74, 6) is 1.40. The Balaban J connectivity index is 1.91. The van der Waals surface area contributed by atoms with E-state index in [2.05, 4.69) is 57.2 Å². The molecule has 2 heterocycles. The Hall–Kier alpha value is -1.14. The van der Waals surface area contributed by atoms with Gasteiger partial charge in [0.05, 0.1) is 16.8 Å². The lowest BCUT2D eigenvalue weighted by atomic mass is 9.78. The number of nitrogens with zero attached hydrogens (tertiary/aromatic N) is 2. The molecule has 2 N–H and O–H groups in total. The number of thiazole rings is 1. The van der Waals surface area contributed by atoms with E-state index in [9.17, 15) is 0 Å². The minimum atomic E-state index is 0.161. The third-order valence-corrected chi connectivity index (χ3v) is 5.90. The van der Waals surface area contributed by atoms with E-state index in [1.807, 2.05) is 0 Å². The van der Waals surface area contributed by atoms with E-state index in [1.165, 1.54) is 11.3 Å². The Morgan fingerprint density at radius 1 is 1.31 bits per heavy atom. The fourth-order valence-corrected chi connectivity index (χ4v) is 4.57. The summed E-state index contributed by atoms with van der Waals surface area (Å²) in [6, 6.07) is 0. The van der Waals surface area contributed by atoms with Crippen LogP contribution in [0.15, 0.2) is 4.99 Å². The van der Waals surface area contributed by atoms with E-state index >= 15 is 0 Å². The maximum absolute atomic E-state index is 6.09. The van der Waals surface area contributed by atoms with Crippen molar-refractivity contribution in [2.45, 2.75) is 66.9 Å². The minimum absolute atomic E-state index is 0.161. The van der Waals surface area contributed by atoms with Gasteiger partial charge in [-0.2, -0.15) is 0 Å². The summed E-state index contributed by atoms with van der Waals surface area (Å²) in [4.78, 5) is 10.7. The quantitative estimate of drug-likeness (QED) is 0.584. The molecule has 0 bridgehead atoms. The Morgan fingerprint density at radius 3 is 2.69 bits per heavy atom. The summed E-state index contributed by atoms with van der Waals surface area (Å²) in [5.41, 5.74) is 1.32. The number of ether oxygens (including phenoxy) is 1. The molecule has 0 radical (unpaired) electrons. The summed E-state index contributed by atoms with van der Waals surface area (Å²) in [7, 11) is 0. The molecule has 2 unspecified atom stereocenters. The average molecular weight is 381 g/mol. The number of aryl methyl sites for hydroxylation is 2. The Labute approximate surface area is 163 Å². The van der Waals surface area contributed by atoms with Gasteiger partial charge in [-0.05, 0) is 39.0 Å². The van der Waals surface area contributed by atoms with Crippen LogP contribution in [0, 0.1) is 25.2 Å². The van der Waals surface area contributed by atoms with Crippen LogP contribution in [0.4, 0.5) is 0 Å². The molecule has 5 nitrogen and oxygen atoms in total. The molecule has 1 aliphatic rings. The van der Waals surface area contributed by atoms with Gasteiger partial charge in [0.15, 0.2) is 5.96 Å². The van der Waals surface area contributed by atoms with Crippen LogP contribution in [-0.4, -0.2) is 43.3 Å². The molecule has 0 saturated carbocycles. The third-order valence-electron chi connectivity index (χ3n) is 4.77. The fourth-order valence-electron chi connectivity index (χ4n) is 3.64. The molecule has 1 aromatic rings. The molecule has 0 aromatic carbocycles. The molecule has 2 atom stereocenters. The van der Waals surface area contributed by atoms with Crippen LogP contribution in [-0.2, 0) is 11.2 Å². The maximum Gasteiger partial charge on any atom is 0.191 e. The van der Waals surface area contributed by atoms with Crippen LogP contribution in [0.5, 0.6) is 0 Å². The van der Waals surface area contributed by atoms with Crippen molar-refractivity contribution in [3.63, 3.8) is 0 Å². The molecule has 26 heavy (non-hydrogen) atoms. The zero-order valence-electron chi connectivity index (χ0n) is 17.3. The van der Waals surface area contributed by atoms with Crippen LogP contribution in [0.1, 0.15) is 56.1 Å². The number of guanidine groups is 1. The Bertz CT molecular complexity index is 591. The van der Waals surface area contributed by atoms with Crippen molar-refractivity contribution >= 4 is 17.3 Å². The lowest BCUT2D eigenvalue weighted by molar-refractivity contribution is -0.0823. The summed E-state index contributed by atoms with van der Waals surface area (Å²) in [6.07, 6.45) is 3.61. The first-order valence-electron chi connectivity index (χ1n) is 9.88. The van der Waals surface area contributed by atoms with Crippen molar-refractivity contribution in [2.24, 2.45) is 16.3 Å². The van der Waals surface area contributed by atoms with Gasteiger partial charge < -0.3 is 15.4 Å². The second-order valence-corrected chi connectivity index (χ2v) is 9.49. The van der Waals surface area contributed by atoms with Gasteiger partial charge in [-0.3, -0.25) is 4.99 Å². The monoisotopic (exact) mass is 380 g/mol. The number of aromatic nitrogens is 1. The smallest absolute Gasteiger partial charge is 0.191 e. The first-order valence-corrected chi connectivity index (χ1v) is 10.7. The molecule has 2 rings (SSSR count). The van der Waals surface area contributed by atoms with Crippen LogP contribution >= 0.6 is 11.3 Å². The highest BCUT2D eigenvalue weighted by atomic mass is 32.1. The predicted molar refractivity (Wildman–Crippen MR) is 111 cm³/mol. The van der Waals surface area contributed by atoms with E-state index < -0.39 is 0 Å². The molecule has 6 heteroatoms. The second-order valence-electron chi connectivity index (χ2n) is 8.20. The second kappa shape index (κ2) is 9.70. The summed E-state index contributed by atoms with van der Waals surface area (Å²) in [6.45, 7) is 16.5.